The Morgan fingerprint density at radius 3 is 2.21 bits per heavy atom. The van der Waals surface area contributed by atoms with E-state index in [1.54, 1.807) is 49.4 Å². The zero-order valence-electron chi connectivity index (χ0n) is 15.2. The van der Waals surface area contributed by atoms with Crippen molar-refractivity contribution >= 4 is 40.4 Å². The van der Waals surface area contributed by atoms with E-state index in [1.807, 2.05) is 12.1 Å². The topological polar surface area (TPSA) is 97.4 Å². The number of benzene rings is 2. The summed E-state index contributed by atoms with van der Waals surface area (Å²) in [5, 5.41) is 31.0. The number of nitriles is 3. The van der Waals surface area contributed by atoms with Gasteiger partial charge in [-0.1, -0.05) is 58.6 Å². The van der Waals surface area contributed by atoms with E-state index in [0.29, 0.717) is 37.3 Å². The summed E-state index contributed by atoms with van der Waals surface area (Å²) >= 11 is 18.4. The molecule has 3 rings (SSSR count). The Morgan fingerprint density at radius 2 is 1.66 bits per heavy atom. The molecule has 0 saturated heterocycles. The van der Waals surface area contributed by atoms with E-state index in [4.69, 9.17) is 40.5 Å². The number of hydrogen-bond acceptors (Lipinski definition) is 4. The van der Waals surface area contributed by atoms with Gasteiger partial charge in [-0.15, -0.1) is 0 Å². The minimum atomic E-state index is -1.77. The lowest BCUT2D eigenvalue weighted by atomic mass is 9.62. The molecule has 0 aliphatic heterocycles. The van der Waals surface area contributed by atoms with Gasteiger partial charge in [-0.3, -0.25) is 0 Å². The molecule has 1 unspecified atom stereocenters. The lowest BCUT2D eigenvalue weighted by Gasteiger charge is -2.37. The molecule has 1 atom stereocenters. The van der Waals surface area contributed by atoms with Gasteiger partial charge in [0, 0.05) is 16.5 Å². The molecule has 1 aliphatic rings. The first-order chi connectivity index (χ1) is 13.8. The Morgan fingerprint density at radius 1 is 0.966 bits per heavy atom. The van der Waals surface area contributed by atoms with Crippen LogP contribution in [0.4, 0.5) is 0 Å². The lowest BCUT2D eigenvalue weighted by Crippen LogP contribution is -2.37. The summed E-state index contributed by atoms with van der Waals surface area (Å²) in [5.41, 5.74) is 6.97. The van der Waals surface area contributed by atoms with Crippen molar-refractivity contribution in [2.45, 2.75) is 12.8 Å². The van der Waals surface area contributed by atoms with Crippen molar-refractivity contribution in [2.24, 2.45) is 11.1 Å². The quantitative estimate of drug-likeness (QED) is 0.621. The zero-order valence-corrected chi connectivity index (χ0v) is 17.4. The standard InChI is InChI=1S/C22H13Cl3N4/c1-12-19(13-3-2-4-15(23)7-13)16(9-26)21(29)22(10-27,11-28)20(12)14-5-6-17(24)18(25)8-14/h2-8,20H,29H2,1H3. The SMILES string of the molecule is CC1=C(c2cccc(Cl)c2)C(C#N)=C(N)C(C#N)(C#N)C1c1ccc(Cl)c(Cl)c1. The van der Waals surface area contributed by atoms with Crippen LogP contribution in [-0.4, -0.2) is 0 Å². The minimum absolute atomic E-state index is 0.0872. The fourth-order valence-corrected chi connectivity index (χ4v) is 4.25. The van der Waals surface area contributed by atoms with Gasteiger partial charge in [-0.05, 0) is 42.3 Å². The molecule has 2 aromatic rings. The number of nitrogens with zero attached hydrogens (tertiary/aromatic N) is 3. The van der Waals surface area contributed by atoms with Gasteiger partial charge >= 0.3 is 0 Å². The summed E-state index contributed by atoms with van der Waals surface area (Å²) in [4.78, 5) is 0. The molecule has 142 valence electrons. The van der Waals surface area contributed by atoms with Gasteiger partial charge in [0.25, 0.3) is 0 Å². The maximum absolute atomic E-state index is 10.0. The van der Waals surface area contributed by atoms with Gasteiger partial charge in [-0.2, -0.15) is 15.8 Å². The van der Waals surface area contributed by atoms with E-state index in [1.165, 1.54) is 0 Å². The number of nitrogens with two attached hydrogens (primary N) is 1. The second kappa shape index (κ2) is 7.82. The van der Waals surface area contributed by atoms with Crippen LogP contribution in [0.15, 0.2) is 59.3 Å². The average molecular weight is 440 g/mol. The molecule has 0 bridgehead atoms. The fourth-order valence-electron chi connectivity index (χ4n) is 3.75. The molecule has 0 amide bonds. The third-order valence-corrected chi connectivity index (χ3v) is 6.03. The fraction of sp³-hybridized carbons (Fsp3) is 0.136. The number of allylic oxidation sites excluding steroid dienone is 4. The van der Waals surface area contributed by atoms with E-state index in [0.717, 1.165) is 0 Å². The Labute approximate surface area is 183 Å². The van der Waals surface area contributed by atoms with Crippen LogP contribution in [-0.2, 0) is 0 Å². The lowest BCUT2D eigenvalue weighted by molar-refractivity contribution is 0.512. The summed E-state index contributed by atoms with van der Waals surface area (Å²) in [7, 11) is 0. The highest BCUT2D eigenvalue weighted by molar-refractivity contribution is 6.42. The van der Waals surface area contributed by atoms with Gasteiger partial charge in [0.1, 0.15) is 6.07 Å². The van der Waals surface area contributed by atoms with Crippen LogP contribution < -0.4 is 5.73 Å². The molecule has 0 radical (unpaired) electrons. The second-order valence-electron chi connectivity index (χ2n) is 6.61. The van der Waals surface area contributed by atoms with Gasteiger partial charge in [0.05, 0.1) is 33.5 Å². The summed E-state index contributed by atoms with van der Waals surface area (Å²) in [5.74, 6) is -0.752. The van der Waals surface area contributed by atoms with E-state index >= 15 is 0 Å². The molecule has 0 aromatic heterocycles. The molecule has 0 heterocycles. The minimum Gasteiger partial charge on any atom is -0.399 e. The van der Waals surface area contributed by atoms with Gasteiger partial charge < -0.3 is 5.73 Å². The van der Waals surface area contributed by atoms with Crippen LogP contribution in [0.25, 0.3) is 5.57 Å². The van der Waals surface area contributed by atoms with Crippen LogP contribution in [0.2, 0.25) is 15.1 Å². The molecule has 0 fully saturated rings. The second-order valence-corrected chi connectivity index (χ2v) is 7.86. The Bertz CT molecular complexity index is 1190. The molecule has 7 heteroatoms. The maximum atomic E-state index is 10.0. The monoisotopic (exact) mass is 438 g/mol. The van der Waals surface area contributed by atoms with Gasteiger partial charge in [0.15, 0.2) is 5.41 Å². The van der Waals surface area contributed by atoms with Crippen molar-refractivity contribution in [3.05, 3.63) is 85.5 Å². The molecule has 4 nitrogen and oxygen atoms in total. The van der Waals surface area contributed by atoms with E-state index in [9.17, 15) is 15.8 Å². The van der Waals surface area contributed by atoms with Crippen LogP contribution in [0.1, 0.15) is 24.0 Å². The Kier molecular flexibility index (Phi) is 5.61. The van der Waals surface area contributed by atoms with E-state index in [-0.39, 0.29) is 11.3 Å². The number of hydrogen-bond donors (Lipinski definition) is 1. The first-order valence-corrected chi connectivity index (χ1v) is 9.59. The van der Waals surface area contributed by atoms with Crippen LogP contribution >= 0.6 is 34.8 Å². The summed E-state index contributed by atoms with van der Waals surface area (Å²) < 4.78 is 0. The van der Waals surface area contributed by atoms with Crippen molar-refractivity contribution < 1.29 is 0 Å². The molecule has 29 heavy (non-hydrogen) atoms. The predicted octanol–water partition coefficient (Wildman–Crippen LogP) is 5.99. The zero-order chi connectivity index (χ0) is 21.3. The third kappa shape index (κ3) is 3.25. The molecule has 2 N–H and O–H groups in total. The number of halogens is 3. The van der Waals surface area contributed by atoms with Crippen molar-refractivity contribution in [1.82, 2.24) is 0 Å². The predicted molar refractivity (Wildman–Crippen MR) is 114 cm³/mol. The van der Waals surface area contributed by atoms with Crippen molar-refractivity contribution in [3.8, 4) is 18.2 Å². The molecule has 1 aliphatic carbocycles. The molecule has 0 saturated carbocycles. The average Bonchev–Trinajstić information content (AvgIpc) is 2.71. The summed E-state index contributed by atoms with van der Waals surface area (Å²) in [6.45, 7) is 1.77. The summed E-state index contributed by atoms with van der Waals surface area (Å²) in [6, 6.07) is 18.1. The summed E-state index contributed by atoms with van der Waals surface area (Å²) in [6.07, 6.45) is 0. The Balaban J connectivity index is 2.42. The number of rotatable bonds is 2. The first-order valence-electron chi connectivity index (χ1n) is 8.45. The normalized spacial score (nSPS) is 18.0. The first kappa shape index (κ1) is 20.8. The highest BCUT2D eigenvalue weighted by Crippen LogP contribution is 2.53. The maximum Gasteiger partial charge on any atom is 0.194 e. The van der Waals surface area contributed by atoms with Crippen molar-refractivity contribution in [3.63, 3.8) is 0 Å². The van der Waals surface area contributed by atoms with Gasteiger partial charge in [-0.25, -0.2) is 0 Å². The van der Waals surface area contributed by atoms with Crippen molar-refractivity contribution in [1.29, 1.82) is 15.8 Å². The van der Waals surface area contributed by atoms with Crippen LogP contribution in [0, 0.1) is 39.4 Å². The smallest absolute Gasteiger partial charge is 0.194 e. The largest absolute Gasteiger partial charge is 0.399 e. The molecule has 0 spiro atoms. The molecular formula is C22H13Cl3N4. The van der Waals surface area contributed by atoms with Crippen LogP contribution in [0.3, 0.4) is 0 Å². The van der Waals surface area contributed by atoms with Crippen molar-refractivity contribution in [2.75, 3.05) is 0 Å². The van der Waals surface area contributed by atoms with Gasteiger partial charge in [0.2, 0.25) is 0 Å². The van der Waals surface area contributed by atoms with E-state index in [2.05, 4.69) is 6.07 Å². The molecule has 2 aromatic carbocycles. The Hall–Kier alpha value is -2.94. The highest BCUT2D eigenvalue weighted by atomic mass is 35.5. The third-order valence-electron chi connectivity index (χ3n) is 5.06. The molecular weight excluding hydrogens is 427 g/mol. The highest BCUT2D eigenvalue weighted by Gasteiger charge is 2.50. The van der Waals surface area contributed by atoms with Crippen LogP contribution in [0.5, 0.6) is 0 Å². The van der Waals surface area contributed by atoms with E-state index < -0.39 is 11.3 Å².